The Hall–Kier alpha value is -2.67. The van der Waals surface area contributed by atoms with Gasteiger partial charge in [-0.05, 0) is 24.3 Å². The number of thiazole rings is 1. The molecular weight excluding hydrogens is 314 g/mol. The lowest BCUT2D eigenvalue weighted by molar-refractivity contribution is 0.293. The number of rotatable bonds is 7. The van der Waals surface area contributed by atoms with Gasteiger partial charge in [0.1, 0.15) is 36.0 Å². The highest BCUT2D eigenvalue weighted by Crippen LogP contribution is 2.19. The van der Waals surface area contributed by atoms with E-state index in [-0.39, 0.29) is 0 Å². The highest BCUT2D eigenvalue weighted by Gasteiger charge is 2.05. The molecule has 0 saturated carbocycles. The molecule has 1 aromatic carbocycles. The Bertz CT molecular complexity index is 732. The topological polar surface area (TPSA) is 66.4 Å². The molecular formula is C16H15N3O3S. The number of hydrogen-bond acceptors (Lipinski definition) is 7. The zero-order valence-electron chi connectivity index (χ0n) is 12.5. The highest BCUT2D eigenvalue weighted by molar-refractivity contribution is 7.09. The van der Waals surface area contributed by atoms with Crippen molar-refractivity contribution in [3.63, 3.8) is 0 Å². The van der Waals surface area contributed by atoms with Gasteiger partial charge in [0.25, 0.3) is 0 Å². The Morgan fingerprint density at radius 3 is 2.35 bits per heavy atom. The molecule has 0 fully saturated rings. The van der Waals surface area contributed by atoms with Crippen molar-refractivity contribution in [1.29, 1.82) is 0 Å². The molecule has 0 saturated heterocycles. The van der Waals surface area contributed by atoms with Crippen LogP contribution in [0.3, 0.4) is 0 Å². The number of methoxy groups -OCH3 is 1. The fraction of sp³-hybridized carbons (Fsp3) is 0.188. The first-order chi connectivity index (χ1) is 11.3. The quantitative estimate of drug-likeness (QED) is 0.663. The van der Waals surface area contributed by atoms with Gasteiger partial charge in [0, 0.05) is 5.38 Å². The van der Waals surface area contributed by atoms with Crippen molar-refractivity contribution in [3.05, 3.63) is 59.1 Å². The molecule has 0 atom stereocenters. The van der Waals surface area contributed by atoms with Gasteiger partial charge in [-0.1, -0.05) is 0 Å². The van der Waals surface area contributed by atoms with Crippen molar-refractivity contribution in [3.8, 4) is 17.2 Å². The minimum absolute atomic E-state index is 0.381. The molecule has 118 valence electrons. The van der Waals surface area contributed by atoms with E-state index in [0.29, 0.717) is 19.0 Å². The van der Waals surface area contributed by atoms with Gasteiger partial charge in [-0.2, -0.15) is 0 Å². The van der Waals surface area contributed by atoms with Crippen LogP contribution in [0.1, 0.15) is 10.7 Å². The zero-order valence-corrected chi connectivity index (χ0v) is 13.3. The third kappa shape index (κ3) is 4.40. The van der Waals surface area contributed by atoms with E-state index in [1.807, 2.05) is 29.6 Å². The second-order valence-corrected chi connectivity index (χ2v) is 5.50. The number of benzene rings is 1. The lowest BCUT2D eigenvalue weighted by Gasteiger charge is -2.05. The summed E-state index contributed by atoms with van der Waals surface area (Å²) in [6.45, 7) is 0.803. The minimum Gasteiger partial charge on any atom is -0.497 e. The molecule has 0 unspecified atom stereocenters. The highest BCUT2D eigenvalue weighted by atomic mass is 32.1. The first kappa shape index (κ1) is 15.2. The summed E-state index contributed by atoms with van der Waals surface area (Å²) in [5.74, 6) is 2.20. The summed E-state index contributed by atoms with van der Waals surface area (Å²) in [6.07, 6.45) is 4.70. The third-order valence-corrected chi connectivity index (χ3v) is 3.82. The van der Waals surface area contributed by atoms with E-state index in [0.717, 1.165) is 22.2 Å². The summed E-state index contributed by atoms with van der Waals surface area (Å²) in [7, 11) is 1.64. The lowest BCUT2D eigenvalue weighted by atomic mass is 10.3. The van der Waals surface area contributed by atoms with E-state index in [1.165, 1.54) is 17.7 Å². The Morgan fingerprint density at radius 1 is 0.913 bits per heavy atom. The normalized spacial score (nSPS) is 10.3. The smallest absolute Gasteiger partial charge is 0.156 e. The van der Waals surface area contributed by atoms with E-state index < -0.39 is 0 Å². The van der Waals surface area contributed by atoms with Gasteiger partial charge in [0.05, 0.1) is 25.2 Å². The number of ether oxygens (including phenoxy) is 3. The van der Waals surface area contributed by atoms with Crippen molar-refractivity contribution in [2.75, 3.05) is 7.11 Å². The molecule has 0 bridgehead atoms. The van der Waals surface area contributed by atoms with Crippen LogP contribution in [0.5, 0.6) is 17.2 Å². The second kappa shape index (κ2) is 7.55. The van der Waals surface area contributed by atoms with E-state index in [2.05, 4.69) is 15.0 Å². The molecule has 0 N–H and O–H groups in total. The molecule has 3 rings (SSSR count). The predicted octanol–water partition coefficient (Wildman–Crippen LogP) is 3.10. The van der Waals surface area contributed by atoms with E-state index >= 15 is 0 Å². The van der Waals surface area contributed by atoms with Gasteiger partial charge in [0.2, 0.25) is 0 Å². The van der Waals surface area contributed by atoms with Crippen LogP contribution in [-0.2, 0) is 13.2 Å². The first-order valence-corrected chi connectivity index (χ1v) is 7.79. The minimum atomic E-state index is 0.381. The average molecular weight is 329 g/mol. The molecule has 0 spiro atoms. The Morgan fingerprint density at radius 2 is 1.61 bits per heavy atom. The molecule has 0 aliphatic heterocycles. The van der Waals surface area contributed by atoms with Gasteiger partial charge in [-0.25, -0.2) is 15.0 Å². The Balaban J connectivity index is 1.50. The summed E-state index contributed by atoms with van der Waals surface area (Å²) in [5.41, 5.74) is 0.854. The van der Waals surface area contributed by atoms with Crippen LogP contribution in [0.15, 0.2) is 48.4 Å². The molecule has 23 heavy (non-hydrogen) atoms. The largest absolute Gasteiger partial charge is 0.497 e. The van der Waals surface area contributed by atoms with Crippen molar-refractivity contribution in [2.45, 2.75) is 13.2 Å². The van der Waals surface area contributed by atoms with Crippen molar-refractivity contribution < 1.29 is 14.2 Å². The summed E-state index contributed by atoms with van der Waals surface area (Å²) >= 11 is 1.54. The monoisotopic (exact) mass is 329 g/mol. The van der Waals surface area contributed by atoms with Crippen LogP contribution in [0, 0.1) is 0 Å². The van der Waals surface area contributed by atoms with Crippen LogP contribution in [0.4, 0.5) is 0 Å². The number of hydrogen-bond donors (Lipinski definition) is 0. The number of nitrogens with zero attached hydrogens (tertiary/aromatic N) is 3. The molecule has 6 nitrogen and oxygen atoms in total. The molecule has 2 heterocycles. The molecule has 7 heteroatoms. The summed E-state index contributed by atoms with van der Waals surface area (Å²) in [6, 6.07) is 7.45. The molecule has 0 aliphatic rings. The van der Waals surface area contributed by atoms with Crippen LogP contribution in [0.25, 0.3) is 0 Å². The maximum absolute atomic E-state index is 5.70. The van der Waals surface area contributed by atoms with Gasteiger partial charge < -0.3 is 14.2 Å². The first-order valence-electron chi connectivity index (χ1n) is 6.91. The molecule has 0 radical (unpaired) electrons. The van der Waals surface area contributed by atoms with E-state index in [4.69, 9.17) is 14.2 Å². The fourth-order valence-corrected chi connectivity index (χ4v) is 2.51. The predicted molar refractivity (Wildman–Crippen MR) is 85.8 cm³/mol. The average Bonchev–Trinajstić information content (AvgIpc) is 3.07. The SMILES string of the molecule is COc1ccc(OCc2nc(COc3cncnc3)cs2)cc1. The summed E-state index contributed by atoms with van der Waals surface area (Å²) in [4.78, 5) is 12.3. The fourth-order valence-electron chi connectivity index (χ4n) is 1.82. The summed E-state index contributed by atoms with van der Waals surface area (Å²) < 4.78 is 16.4. The van der Waals surface area contributed by atoms with E-state index in [1.54, 1.807) is 19.5 Å². The van der Waals surface area contributed by atoms with Gasteiger partial charge in [-0.15, -0.1) is 11.3 Å². The maximum atomic E-state index is 5.70. The Kier molecular flexibility index (Phi) is 5.00. The van der Waals surface area contributed by atoms with Crippen molar-refractivity contribution >= 4 is 11.3 Å². The van der Waals surface area contributed by atoms with Gasteiger partial charge in [0.15, 0.2) is 5.75 Å². The molecule has 0 aliphatic carbocycles. The maximum Gasteiger partial charge on any atom is 0.156 e. The van der Waals surface area contributed by atoms with E-state index in [9.17, 15) is 0 Å². The number of aromatic nitrogens is 3. The lowest BCUT2D eigenvalue weighted by Crippen LogP contribution is -1.99. The second-order valence-electron chi connectivity index (χ2n) is 4.56. The third-order valence-electron chi connectivity index (χ3n) is 2.94. The van der Waals surface area contributed by atoms with Gasteiger partial charge >= 0.3 is 0 Å². The molecule has 3 aromatic rings. The van der Waals surface area contributed by atoms with Crippen LogP contribution in [0.2, 0.25) is 0 Å². The van der Waals surface area contributed by atoms with Crippen LogP contribution < -0.4 is 14.2 Å². The van der Waals surface area contributed by atoms with Crippen LogP contribution in [-0.4, -0.2) is 22.1 Å². The van der Waals surface area contributed by atoms with Crippen molar-refractivity contribution in [1.82, 2.24) is 15.0 Å². The Labute approximate surface area is 137 Å². The summed E-state index contributed by atoms with van der Waals surface area (Å²) in [5, 5.41) is 2.85. The van der Waals surface area contributed by atoms with Gasteiger partial charge in [-0.3, -0.25) is 0 Å². The standard InChI is InChI=1S/C16H15N3O3S/c1-20-13-2-4-14(5-3-13)22-9-16-19-12(10-23-16)8-21-15-6-17-11-18-7-15/h2-7,10-11H,8-9H2,1H3. The molecule has 0 amide bonds. The zero-order chi connectivity index (χ0) is 15.9. The molecule has 2 aromatic heterocycles. The van der Waals surface area contributed by atoms with Crippen LogP contribution >= 0.6 is 11.3 Å². The van der Waals surface area contributed by atoms with Crippen molar-refractivity contribution in [2.24, 2.45) is 0 Å².